The van der Waals surface area contributed by atoms with E-state index in [0.29, 0.717) is 24.2 Å². The van der Waals surface area contributed by atoms with Gasteiger partial charge in [0.25, 0.3) is 0 Å². The Bertz CT molecular complexity index is 768. The number of likely N-dealkylation sites (tertiary alicyclic amines) is 1. The molecule has 0 radical (unpaired) electrons. The molecule has 2 aromatic carbocycles. The zero-order valence-corrected chi connectivity index (χ0v) is 14.7. The normalized spacial score (nSPS) is 18.7. The van der Waals surface area contributed by atoms with Crippen LogP contribution in [-0.2, 0) is 4.79 Å². The van der Waals surface area contributed by atoms with Gasteiger partial charge < -0.3 is 0 Å². The second-order valence-electron chi connectivity index (χ2n) is 6.48. The van der Waals surface area contributed by atoms with Gasteiger partial charge in [-0.05, 0) is 60.5 Å². The van der Waals surface area contributed by atoms with Gasteiger partial charge in [-0.2, -0.15) is 0 Å². The molecule has 1 aliphatic rings. The minimum absolute atomic E-state index is 0.00833. The van der Waals surface area contributed by atoms with Crippen LogP contribution in [0.25, 0.3) is 12.2 Å². The standard InChI is InChI=1S/C22H21F2NO/c1-2-11-25-14-18(12-16-3-7-20(23)8-4-16)22(26)19(15-25)13-17-5-9-21(24)10-6-17/h3-10,12-13H,2,11,14-15H2,1H3/b18-12+,19-13?. The fourth-order valence-electron chi connectivity index (χ4n) is 3.10. The molecular formula is C22H21F2NO. The van der Waals surface area contributed by atoms with Gasteiger partial charge in [0.2, 0.25) is 0 Å². The predicted octanol–water partition coefficient (Wildman–Crippen LogP) is 4.73. The van der Waals surface area contributed by atoms with Crippen LogP contribution < -0.4 is 0 Å². The summed E-state index contributed by atoms with van der Waals surface area (Å²) in [6.07, 6.45) is 4.63. The minimum atomic E-state index is -0.299. The number of piperidine rings is 1. The quantitative estimate of drug-likeness (QED) is 0.741. The van der Waals surface area contributed by atoms with Crippen LogP contribution in [-0.4, -0.2) is 30.3 Å². The highest BCUT2D eigenvalue weighted by Crippen LogP contribution is 2.22. The van der Waals surface area contributed by atoms with Crippen LogP contribution in [0.15, 0.2) is 59.7 Å². The third-order valence-electron chi connectivity index (χ3n) is 4.33. The molecule has 1 heterocycles. The average Bonchev–Trinajstić information content (AvgIpc) is 2.63. The second kappa shape index (κ2) is 8.19. The highest BCUT2D eigenvalue weighted by molar-refractivity contribution is 6.14. The summed E-state index contributed by atoms with van der Waals surface area (Å²) in [6, 6.07) is 12.2. The number of nitrogens with zero attached hydrogens (tertiary/aromatic N) is 1. The van der Waals surface area contributed by atoms with Gasteiger partial charge in [0.1, 0.15) is 11.6 Å². The highest BCUT2D eigenvalue weighted by atomic mass is 19.1. The first-order valence-electron chi connectivity index (χ1n) is 8.74. The molecule has 1 fully saturated rings. The van der Waals surface area contributed by atoms with Crippen LogP contribution in [0.5, 0.6) is 0 Å². The molecule has 0 aliphatic carbocycles. The lowest BCUT2D eigenvalue weighted by atomic mass is 9.94. The Hall–Kier alpha value is -2.59. The van der Waals surface area contributed by atoms with Crippen molar-refractivity contribution in [1.29, 1.82) is 0 Å². The Morgan fingerprint density at radius 3 is 1.65 bits per heavy atom. The molecule has 26 heavy (non-hydrogen) atoms. The molecule has 1 saturated heterocycles. The van der Waals surface area contributed by atoms with E-state index in [1.54, 1.807) is 24.3 Å². The third kappa shape index (κ3) is 4.52. The number of Topliss-reactive ketones (excluding diaryl/α,β-unsaturated/α-hetero) is 1. The first-order valence-corrected chi connectivity index (χ1v) is 8.74. The minimum Gasteiger partial charge on any atom is -0.295 e. The smallest absolute Gasteiger partial charge is 0.187 e. The van der Waals surface area contributed by atoms with Crippen molar-refractivity contribution in [1.82, 2.24) is 4.90 Å². The number of carbonyl (C=O) groups is 1. The third-order valence-corrected chi connectivity index (χ3v) is 4.33. The van der Waals surface area contributed by atoms with Crippen molar-refractivity contribution in [2.24, 2.45) is 0 Å². The molecule has 0 atom stereocenters. The number of hydrogen-bond acceptors (Lipinski definition) is 2. The summed E-state index contributed by atoms with van der Waals surface area (Å²) in [5.74, 6) is -0.607. The van der Waals surface area contributed by atoms with Gasteiger partial charge in [-0.3, -0.25) is 9.69 Å². The lowest BCUT2D eigenvalue weighted by Crippen LogP contribution is -2.38. The van der Waals surface area contributed by atoms with Gasteiger partial charge in [-0.1, -0.05) is 31.2 Å². The van der Waals surface area contributed by atoms with Crippen LogP contribution in [0.1, 0.15) is 24.5 Å². The van der Waals surface area contributed by atoms with E-state index in [4.69, 9.17) is 0 Å². The maximum atomic E-state index is 13.1. The van der Waals surface area contributed by atoms with Gasteiger partial charge in [0, 0.05) is 24.2 Å². The molecule has 0 unspecified atom stereocenters. The van der Waals surface area contributed by atoms with E-state index in [1.165, 1.54) is 24.3 Å². The van der Waals surface area contributed by atoms with Crippen molar-refractivity contribution < 1.29 is 13.6 Å². The summed E-state index contributed by atoms with van der Waals surface area (Å²) in [5.41, 5.74) is 2.97. The summed E-state index contributed by atoms with van der Waals surface area (Å²) in [5, 5.41) is 0. The SMILES string of the molecule is CCCN1CC(=Cc2ccc(F)cc2)C(=O)/C(=C/c2ccc(F)cc2)C1. The monoisotopic (exact) mass is 353 g/mol. The second-order valence-corrected chi connectivity index (χ2v) is 6.48. The molecular weight excluding hydrogens is 332 g/mol. The van der Waals surface area contributed by atoms with Gasteiger partial charge in [0.05, 0.1) is 0 Å². The summed E-state index contributed by atoms with van der Waals surface area (Å²) < 4.78 is 26.2. The van der Waals surface area contributed by atoms with Crippen molar-refractivity contribution in [3.63, 3.8) is 0 Å². The largest absolute Gasteiger partial charge is 0.295 e. The summed E-state index contributed by atoms with van der Waals surface area (Å²) >= 11 is 0. The van der Waals surface area contributed by atoms with Crippen LogP contribution in [0.4, 0.5) is 8.78 Å². The lowest BCUT2D eigenvalue weighted by Gasteiger charge is -2.29. The molecule has 0 saturated carbocycles. The van der Waals surface area contributed by atoms with Crippen molar-refractivity contribution in [3.05, 3.63) is 82.4 Å². The molecule has 0 spiro atoms. The fraction of sp³-hybridized carbons (Fsp3) is 0.227. The van der Waals surface area contributed by atoms with Crippen LogP contribution >= 0.6 is 0 Å². The van der Waals surface area contributed by atoms with E-state index in [2.05, 4.69) is 11.8 Å². The zero-order valence-electron chi connectivity index (χ0n) is 14.7. The van der Waals surface area contributed by atoms with E-state index < -0.39 is 0 Å². The van der Waals surface area contributed by atoms with Crippen molar-refractivity contribution in [2.45, 2.75) is 13.3 Å². The van der Waals surface area contributed by atoms with Crippen LogP contribution in [0, 0.1) is 11.6 Å². The maximum Gasteiger partial charge on any atom is 0.187 e. The van der Waals surface area contributed by atoms with Gasteiger partial charge in [-0.15, -0.1) is 0 Å². The lowest BCUT2D eigenvalue weighted by molar-refractivity contribution is -0.113. The Labute approximate surface area is 152 Å². The maximum absolute atomic E-state index is 13.1. The Morgan fingerprint density at radius 1 is 0.846 bits per heavy atom. The summed E-state index contributed by atoms with van der Waals surface area (Å²) in [7, 11) is 0. The van der Waals surface area contributed by atoms with E-state index in [0.717, 1.165) is 24.1 Å². The molecule has 1 aliphatic heterocycles. The molecule has 4 heteroatoms. The number of rotatable bonds is 4. The van der Waals surface area contributed by atoms with E-state index >= 15 is 0 Å². The predicted molar refractivity (Wildman–Crippen MR) is 100 cm³/mol. The van der Waals surface area contributed by atoms with E-state index in [1.807, 2.05) is 12.2 Å². The molecule has 2 aromatic rings. The van der Waals surface area contributed by atoms with E-state index in [9.17, 15) is 13.6 Å². The highest BCUT2D eigenvalue weighted by Gasteiger charge is 2.25. The Morgan fingerprint density at radius 2 is 1.27 bits per heavy atom. The van der Waals surface area contributed by atoms with Crippen LogP contribution in [0.3, 0.4) is 0 Å². The van der Waals surface area contributed by atoms with Crippen molar-refractivity contribution >= 4 is 17.9 Å². The fourth-order valence-corrected chi connectivity index (χ4v) is 3.10. The molecule has 0 N–H and O–H groups in total. The van der Waals surface area contributed by atoms with Gasteiger partial charge in [-0.25, -0.2) is 8.78 Å². The first-order chi connectivity index (χ1) is 12.5. The summed E-state index contributed by atoms with van der Waals surface area (Å²) in [4.78, 5) is 15.1. The summed E-state index contributed by atoms with van der Waals surface area (Å²) in [6.45, 7) is 4.13. The molecule has 134 valence electrons. The van der Waals surface area contributed by atoms with Crippen molar-refractivity contribution in [2.75, 3.05) is 19.6 Å². The zero-order chi connectivity index (χ0) is 18.5. The van der Waals surface area contributed by atoms with Crippen LogP contribution in [0.2, 0.25) is 0 Å². The molecule has 2 nitrogen and oxygen atoms in total. The van der Waals surface area contributed by atoms with E-state index in [-0.39, 0.29) is 17.4 Å². The topological polar surface area (TPSA) is 20.3 Å². The van der Waals surface area contributed by atoms with Gasteiger partial charge in [0.15, 0.2) is 5.78 Å². The molecule has 0 bridgehead atoms. The Kier molecular flexibility index (Phi) is 5.74. The number of hydrogen-bond donors (Lipinski definition) is 0. The number of benzene rings is 2. The Balaban J connectivity index is 1.93. The number of ketones is 1. The molecule has 3 rings (SSSR count). The average molecular weight is 353 g/mol. The number of halogens is 2. The first kappa shape index (κ1) is 18.2. The number of carbonyl (C=O) groups excluding carboxylic acids is 1. The van der Waals surface area contributed by atoms with Gasteiger partial charge >= 0.3 is 0 Å². The van der Waals surface area contributed by atoms with Crippen molar-refractivity contribution in [3.8, 4) is 0 Å². The molecule has 0 amide bonds. The molecule has 0 aromatic heterocycles.